The van der Waals surface area contributed by atoms with Gasteiger partial charge in [0.15, 0.2) is 5.78 Å². The number of carbonyl (C=O) groups excluding carboxylic acids is 1. The largest absolute Gasteiger partial charge is 0.386 e. The maximum Gasteiger partial charge on any atom is 0.165 e. The average Bonchev–Trinajstić information content (AvgIpc) is 2.11. The van der Waals surface area contributed by atoms with Crippen molar-refractivity contribution in [2.75, 3.05) is 0 Å². The van der Waals surface area contributed by atoms with Gasteiger partial charge in [-0.3, -0.25) is 4.79 Å². The van der Waals surface area contributed by atoms with Crippen LogP contribution in [0.1, 0.15) is 12.5 Å². The van der Waals surface area contributed by atoms with Crippen LogP contribution in [0.5, 0.6) is 0 Å². The van der Waals surface area contributed by atoms with Gasteiger partial charge in [0.05, 0.1) is 0 Å². The number of ketones is 1. The first kappa shape index (κ1) is 11.5. The number of hydrogen-bond donors (Lipinski definition) is 1. The van der Waals surface area contributed by atoms with Gasteiger partial charge < -0.3 is 5.11 Å². The maximum absolute atomic E-state index is 11.2. The van der Waals surface area contributed by atoms with Crippen molar-refractivity contribution in [3.63, 3.8) is 0 Å². The van der Waals surface area contributed by atoms with Gasteiger partial charge in [0.2, 0.25) is 0 Å². The van der Waals surface area contributed by atoms with Gasteiger partial charge in [0.25, 0.3) is 0 Å². The Morgan fingerprint density at radius 3 is 2.36 bits per heavy atom. The molecule has 1 unspecified atom stereocenters. The Kier molecular flexibility index (Phi) is 3.93. The summed E-state index contributed by atoms with van der Waals surface area (Å²) >= 11 is 11.7. The number of hydrogen-bond acceptors (Lipinski definition) is 2. The van der Waals surface area contributed by atoms with Gasteiger partial charge in [0.1, 0.15) is 6.10 Å². The summed E-state index contributed by atoms with van der Waals surface area (Å²) < 4.78 is 0. The van der Waals surface area contributed by atoms with Crippen LogP contribution >= 0.6 is 23.2 Å². The van der Waals surface area contributed by atoms with E-state index in [9.17, 15) is 4.79 Å². The molecule has 0 radical (unpaired) electrons. The fourth-order valence-electron chi connectivity index (χ4n) is 1.02. The van der Waals surface area contributed by atoms with E-state index in [0.29, 0.717) is 15.6 Å². The molecule has 0 spiro atoms. The van der Waals surface area contributed by atoms with Crippen molar-refractivity contribution in [1.29, 1.82) is 0 Å². The molecular weight excluding hydrogens is 223 g/mol. The fraction of sp³-hybridized carbons (Fsp3) is 0.300. The van der Waals surface area contributed by atoms with Crippen LogP contribution in [0, 0.1) is 0 Å². The Morgan fingerprint density at radius 2 is 1.93 bits per heavy atom. The van der Waals surface area contributed by atoms with E-state index in [-0.39, 0.29) is 12.2 Å². The summed E-state index contributed by atoms with van der Waals surface area (Å²) in [6, 6.07) is 5.04. The Labute approximate surface area is 92.5 Å². The predicted molar refractivity (Wildman–Crippen MR) is 56.9 cm³/mol. The number of aliphatic hydroxyl groups excluding tert-OH is 1. The highest BCUT2D eigenvalue weighted by molar-refractivity contribution is 6.36. The molecule has 0 aromatic heterocycles. The van der Waals surface area contributed by atoms with Crippen molar-refractivity contribution < 1.29 is 9.90 Å². The Bertz CT molecular complexity index is 328. The third-order valence-corrected chi connectivity index (χ3v) is 2.59. The van der Waals surface area contributed by atoms with Gasteiger partial charge in [-0.2, -0.15) is 0 Å². The van der Waals surface area contributed by atoms with Crippen molar-refractivity contribution in [3.8, 4) is 0 Å². The van der Waals surface area contributed by atoms with Crippen LogP contribution in [0.15, 0.2) is 18.2 Å². The molecule has 0 saturated carbocycles. The van der Waals surface area contributed by atoms with Crippen LogP contribution in [-0.2, 0) is 11.2 Å². The molecule has 14 heavy (non-hydrogen) atoms. The smallest absolute Gasteiger partial charge is 0.165 e. The zero-order valence-corrected chi connectivity index (χ0v) is 9.14. The number of benzene rings is 1. The normalized spacial score (nSPS) is 12.6. The third-order valence-electron chi connectivity index (χ3n) is 1.88. The highest BCUT2D eigenvalue weighted by atomic mass is 35.5. The first-order valence-corrected chi connectivity index (χ1v) is 4.91. The second-order valence-electron chi connectivity index (χ2n) is 3.02. The summed E-state index contributed by atoms with van der Waals surface area (Å²) in [6.45, 7) is 1.42. The molecule has 0 aliphatic carbocycles. The quantitative estimate of drug-likeness (QED) is 0.870. The van der Waals surface area contributed by atoms with Crippen molar-refractivity contribution in [2.45, 2.75) is 19.4 Å². The molecule has 0 aliphatic heterocycles. The summed E-state index contributed by atoms with van der Waals surface area (Å²) in [5.41, 5.74) is 0.571. The minimum absolute atomic E-state index is 0.0656. The van der Waals surface area contributed by atoms with E-state index in [1.54, 1.807) is 18.2 Å². The predicted octanol–water partition coefficient (Wildman–Crippen LogP) is 2.49. The molecule has 0 heterocycles. The van der Waals surface area contributed by atoms with E-state index in [1.165, 1.54) is 6.92 Å². The van der Waals surface area contributed by atoms with Crippen molar-refractivity contribution in [2.24, 2.45) is 0 Å². The summed E-state index contributed by atoms with van der Waals surface area (Å²) in [5.74, 6) is -0.292. The molecule has 0 saturated heterocycles. The molecule has 2 nitrogen and oxygen atoms in total. The fourth-order valence-corrected chi connectivity index (χ4v) is 1.55. The van der Waals surface area contributed by atoms with Crippen molar-refractivity contribution >= 4 is 29.0 Å². The lowest BCUT2D eigenvalue weighted by Crippen LogP contribution is -2.18. The first-order valence-electron chi connectivity index (χ1n) is 4.16. The van der Waals surface area contributed by atoms with E-state index in [4.69, 9.17) is 28.3 Å². The molecule has 76 valence electrons. The zero-order chi connectivity index (χ0) is 10.7. The summed E-state index contributed by atoms with van der Waals surface area (Å²) in [4.78, 5) is 11.2. The van der Waals surface area contributed by atoms with Crippen LogP contribution < -0.4 is 0 Å². The monoisotopic (exact) mass is 232 g/mol. The van der Waals surface area contributed by atoms with E-state index in [1.807, 2.05) is 0 Å². The summed E-state index contributed by atoms with van der Waals surface area (Å²) in [5, 5.41) is 9.93. The van der Waals surface area contributed by atoms with Crippen molar-refractivity contribution in [3.05, 3.63) is 33.8 Å². The molecule has 0 bridgehead atoms. The van der Waals surface area contributed by atoms with Gasteiger partial charge in [-0.05, 0) is 24.6 Å². The van der Waals surface area contributed by atoms with Gasteiger partial charge >= 0.3 is 0 Å². The molecule has 1 aromatic rings. The van der Waals surface area contributed by atoms with Crippen LogP contribution in [-0.4, -0.2) is 17.0 Å². The molecule has 1 rings (SSSR count). The second-order valence-corrected chi connectivity index (χ2v) is 3.83. The molecule has 1 aromatic carbocycles. The van der Waals surface area contributed by atoms with E-state index in [0.717, 1.165) is 0 Å². The minimum atomic E-state index is -0.984. The number of carbonyl (C=O) groups is 1. The van der Waals surface area contributed by atoms with Gasteiger partial charge in [0, 0.05) is 16.5 Å². The first-order chi connectivity index (χ1) is 6.52. The topological polar surface area (TPSA) is 37.3 Å². The molecule has 0 amide bonds. The molecule has 1 atom stereocenters. The van der Waals surface area contributed by atoms with Crippen LogP contribution in [0.25, 0.3) is 0 Å². The molecule has 0 aliphatic rings. The molecule has 4 heteroatoms. The number of rotatable bonds is 3. The molecular formula is C10H10Cl2O2. The zero-order valence-electron chi connectivity index (χ0n) is 7.63. The third kappa shape index (κ3) is 2.71. The van der Waals surface area contributed by atoms with Gasteiger partial charge in [-0.1, -0.05) is 29.3 Å². The number of Topliss-reactive ketones (excluding diaryl/α,β-unsaturated/α-hetero) is 1. The summed E-state index contributed by atoms with van der Waals surface area (Å²) in [7, 11) is 0. The second kappa shape index (κ2) is 4.78. The number of halogens is 2. The van der Waals surface area contributed by atoms with Crippen LogP contribution in [0.3, 0.4) is 0 Å². The highest BCUT2D eigenvalue weighted by Crippen LogP contribution is 2.24. The lowest BCUT2D eigenvalue weighted by molar-refractivity contribution is -0.125. The van der Waals surface area contributed by atoms with Crippen LogP contribution in [0.4, 0.5) is 0 Å². The standard InChI is InChI=1S/C10H10Cl2O2/c1-6(13)10(14)5-7-8(11)3-2-4-9(7)12/h2-4,6,13H,5H2,1H3. The lowest BCUT2D eigenvalue weighted by atomic mass is 10.1. The Balaban J connectivity index is 2.91. The Morgan fingerprint density at radius 1 is 1.43 bits per heavy atom. The SMILES string of the molecule is CC(O)C(=O)Cc1c(Cl)cccc1Cl. The summed E-state index contributed by atoms with van der Waals surface area (Å²) in [6.07, 6.45) is -0.918. The lowest BCUT2D eigenvalue weighted by Gasteiger charge is -2.07. The van der Waals surface area contributed by atoms with E-state index in [2.05, 4.69) is 0 Å². The van der Waals surface area contributed by atoms with E-state index >= 15 is 0 Å². The highest BCUT2D eigenvalue weighted by Gasteiger charge is 2.14. The maximum atomic E-state index is 11.2. The molecule has 1 N–H and O–H groups in total. The number of aliphatic hydroxyl groups is 1. The van der Waals surface area contributed by atoms with E-state index < -0.39 is 6.10 Å². The Hall–Kier alpha value is -0.570. The van der Waals surface area contributed by atoms with Gasteiger partial charge in [-0.15, -0.1) is 0 Å². The van der Waals surface area contributed by atoms with Gasteiger partial charge in [-0.25, -0.2) is 0 Å². The van der Waals surface area contributed by atoms with Crippen molar-refractivity contribution in [1.82, 2.24) is 0 Å². The minimum Gasteiger partial charge on any atom is -0.386 e. The average molecular weight is 233 g/mol. The van der Waals surface area contributed by atoms with Crippen LogP contribution in [0.2, 0.25) is 10.0 Å². The molecule has 0 fully saturated rings.